The molecule has 1 aromatic heterocycles. The highest BCUT2D eigenvalue weighted by Gasteiger charge is 2.30. The third kappa shape index (κ3) is 5.18. The van der Waals surface area contributed by atoms with E-state index < -0.39 is 10.0 Å². The van der Waals surface area contributed by atoms with E-state index in [1.807, 2.05) is 24.3 Å². The van der Waals surface area contributed by atoms with Crippen molar-refractivity contribution in [2.75, 3.05) is 13.7 Å². The van der Waals surface area contributed by atoms with Crippen LogP contribution in [-0.2, 0) is 16.6 Å². The lowest BCUT2D eigenvalue weighted by Crippen LogP contribution is -2.35. The van der Waals surface area contributed by atoms with E-state index in [0.29, 0.717) is 23.3 Å². The first-order valence-electron chi connectivity index (χ1n) is 8.98. The van der Waals surface area contributed by atoms with Gasteiger partial charge in [0.2, 0.25) is 0 Å². The van der Waals surface area contributed by atoms with Gasteiger partial charge in [0, 0.05) is 13.1 Å². The van der Waals surface area contributed by atoms with Crippen LogP contribution < -0.4 is 4.74 Å². The molecule has 0 spiro atoms. The quantitative estimate of drug-likeness (QED) is 0.535. The topological polar surface area (TPSA) is 46.6 Å². The van der Waals surface area contributed by atoms with Crippen LogP contribution in [0, 0.1) is 5.92 Å². The molecule has 3 rings (SSSR count). The number of halogens is 2. The highest BCUT2D eigenvalue weighted by Crippen LogP contribution is 2.37. The van der Waals surface area contributed by atoms with E-state index in [4.69, 9.17) is 27.9 Å². The van der Waals surface area contributed by atoms with Crippen LogP contribution in [0.2, 0.25) is 9.36 Å². The molecule has 0 atom stereocenters. The molecule has 0 bridgehead atoms. The van der Waals surface area contributed by atoms with Crippen molar-refractivity contribution in [3.8, 4) is 5.75 Å². The Morgan fingerprint density at radius 2 is 1.81 bits per heavy atom. The fraction of sp³-hybridized carbons (Fsp3) is 0.474. The van der Waals surface area contributed by atoms with E-state index in [1.54, 1.807) is 11.4 Å². The summed E-state index contributed by atoms with van der Waals surface area (Å²) in [5.41, 5.74) is 0.920. The molecule has 148 valence electrons. The van der Waals surface area contributed by atoms with E-state index in [0.717, 1.165) is 48.3 Å². The van der Waals surface area contributed by atoms with Gasteiger partial charge < -0.3 is 4.74 Å². The Balaban J connectivity index is 1.87. The molecule has 0 radical (unpaired) electrons. The summed E-state index contributed by atoms with van der Waals surface area (Å²) in [4.78, 5) is 0. The van der Waals surface area contributed by atoms with Crippen LogP contribution in [0.25, 0.3) is 0 Å². The lowest BCUT2D eigenvalue weighted by atomic mass is 9.89. The molecule has 0 N–H and O–H groups in total. The molecule has 1 heterocycles. The van der Waals surface area contributed by atoms with E-state index in [9.17, 15) is 8.42 Å². The van der Waals surface area contributed by atoms with Gasteiger partial charge in [-0.3, -0.25) is 0 Å². The Labute approximate surface area is 175 Å². The maximum atomic E-state index is 13.3. The van der Waals surface area contributed by atoms with Gasteiger partial charge in [0.15, 0.2) is 0 Å². The molecule has 0 unspecified atom stereocenters. The minimum Gasteiger partial charge on any atom is -0.497 e. The second-order valence-electron chi connectivity index (χ2n) is 6.84. The number of nitrogens with zero attached hydrogens (tertiary/aromatic N) is 1. The fourth-order valence-corrected chi connectivity index (χ4v) is 6.96. The highest BCUT2D eigenvalue weighted by molar-refractivity contribution is 7.91. The van der Waals surface area contributed by atoms with Crippen LogP contribution in [-0.4, -0.2) is 26.4 Å². The second kappa shape index (κ2) is 9.14. The number of hydrogen-bond donors (Lipinski definition) is 0. The molecule has 0 saturated heterocycles. The number of rotatable bonds is 7. The van der Waals surface area contributed by atoms with Gasteiger partial charge in [-0.25, -0.2) is 8.42 Å². The summed E-state index contributed by atoms with van der Waals surface area (Å²) in [6.07, 6.45) is 5.70. The minimum atomic E-state index is -3.66. The van der Waals surface area contributed by atoms with Crippen LogP contribution in [0.15, 0.2) is 34.5 Å². The van der Waals surface area contributed by atoms with Gasteiger partial charge in [-0.15, -0.1) is 11.3 Å². The first-order valence-corrected chi connectivity index (χ1v) is 12.0. The predicted octanol–water partition coefficient (Wildman–Crippen LogP) is 5.83. The van der Waals surface area contributed by atoms with E-state index in [-0.39, 0.29) is 9.23 Å². The number of methoxy groups -OCH3 is 1. The van der Waals surface area contributed by atoms with E-state index >= 15 is 0 Å². The summed E-state index contributed by atoms with van der Waals surface area (Å²) in [5, 5.41) is 0.280. The van der Waals surface area contributed by atoms with Crippen molar-refractivity contribution in [3.05, 3.63) is 45.3 Å². The van der Waals surface area contributed by atoms with Gasteiger partial charge in [-0.2, -0.15) is 4.31 Å². The van der Waals surface area contributed by atoms with E-state index in [1.165, 1.54) is 12.5 Å². The zero-order valence-corrected chi connectivity index (χ0v) is 18.3. The van der Waals surface area contributed by atoms with Gasteiger partial charge in [0.1, 0.15) is 14.3 Å². The Kier molecular flexibility index (Phi) is 7.08. The Hall–Kier alpha value is -0.790. The number of ether oxygens (including phenoxy) is 1. The summed E-state index contributed by atoms with van der Waals surface area (Å²) in [6.45, 7) is 0.831. The SMILES string of the molecule is COc1ccc(CN(CC2CCCCC2)S(=O)(=O)c2cc(Cl)c(Cl)s2)cc1. The molecule has 2 aromatic rings. The average Bonchev–Trinajstić information content (AvgIpc) is 3.02. The van der Waals surface area contributed by atoms with Crippen LogP contribution in [0.1, 0.15) is 37.7 Å². The predicted molar refractivity (Wildman–Crippen MR) is 112 cm³/mol. The lowest BCUT2D eigenvalue weighted by molar-refractivity contribution is 0.275. The molecule has 8 heteroatoms. The van der Waals surface area contributed by atoms with Crippen molar-refractivity contribution in [2.45, 2.75) is 42.9 Å². The summed E-state index contributed by atoms with van der Waals surface area (Å²) >= 11 is 13.0. The van der Waals surface area contributed by atoms with Crippen molar-refractivity contribution in [1.29, 1.82) is 0 Å². The second-order valence-corrected chi connectivity index (χ2v) is 11.1. The number of hydrogen-bond acceptors (Lipinski definition) is 4. The van der Waals surface area contributed by atoms with Crippen LogP contribution in [0.5, 0.6) is 5.75 Å². The molecule has 1 aromatic carbocycles. The third-order valence-corrected chi connectivity index (χ3v) is 9.05. The monoisotopic (exact) mass is 447 g/mol. The van der Waals surface area contributed by atoms with Crippen LogP contribution in [0.4, 0.5) is 0 Å². The molecule has 1 aliphatic carbocycles. The molecule has 4 nitrogen and oxygen atoms in total. The lowest BCUT2D eigenvalue weighted by Gasteiger charge is -2.29. The Morgan fingerprint density at radius 1 is 1.15 bits per heavy atom. The van der Waals surface area contributed by atoms with Crippen molar-refractivity contribution >= 4 is 44.6 Å². The van der Waals surface area contributed by atoms with E-state index in [2.05, 4.69) is 0 Å². The minimum absolute atomic E-state index is 0.196. The summed E-state index contributed by atoms with van der Waals surface area (Å²) < 4.78 is 33.8. The Morgan fingerprint density at radius 3 is 2.37 bits per heavy atom. The standard InChI is InChI=1S/C19H23Cl2NO3S2/c1-25-16-9-7-15(8-10-16)13-22(12-14-5-3-2-4-6-14)27(23,24)18-11-17(20)19(21)26-18/h7-11,14H,2-6,12-13H2,1H3. The zero-order valence-electron chi connectivity index (χ0n) is 15.2. The largest absolute Gasteiger partial charge is 0.497 e. The van der Waals surface area contributed by atoms with Gasteiger partial charge in [0.25, 0.3) is 10.0 Å². The van der Waals surface area contributed by atoms with Gasteiger partial charge in [-0.1, -0.05) is 54.6 Å². The molecule has 1 saturated carbocycles. The number of benzene rings is 1. The Bertz CT molecular complexity index is 840. The molecular formula is C19H23Cl2NO3S2. The van der Waals surface area contributed by atoms with Gasteiger partial charge >= 0.3 is 0 Å². The first-order chi connectivity index (χ1) is 12.9. The zero-order chi connectivity index (χ0) is 19.4. The van der Waals surface area contributed by atoms with Crippen molar-refractivity contribution in [2.24, 2.45) is 5.92 Å². The molecule has 0 aliphatic heterocycles. The summed E-state index contributed by atoms with van der Waals surface area (Å²) in [6, 6.07) is 8.94. The van der Waals surface area contributed by atoms with Crippen LogP contribution >= 0.6 is 34.5 Å². The summed E-state index contributed by atoms with van der Waals surface area (Å²) in [7, 11) is -2.05. The average molecular weight is 448 g/mol. The molecule has 0 amide bonds. The van der Waals surface area contributed by atoms with Gasteiger partial charge in [0.05, 0.1) is 12.1 Å². The van der Waals surface area contributed by atoms with Crippen molar-refractivity contribution in [1.82, 2.24) is 4.31 Å². The fourth-order valence-electron chi connectivity index (χ4n) is 3.42. The van der Waals surface area contributed by atoms with Crippen LogP contribution in [0.3, 0.4) is 0 Å². The van der Waals surface area contributed by atoms with Gasteiger partial charge in [-0.05, 0) is 42.5 Å². The van der Waals surface area contributed by atoms with Crippen molar-refractivity contribution < 1.29 is 13.2 Å². The maximum Gasteiger partial charge on any atom is 0.252 e. The highest BCUT2D eigenvalue weighted by atomic mass is 35.5. The normalized spacial score (nSPS) is 16.0. The molecule has 27 heavy (non-hydrogen) atoms. The number of thiophene rings is 1. The molecule has 1 fully saturated rings. The molecular weight excluding hydrogens is 425 g/mol. The smallest absolute Gasteiger partial charge is 0.252 e. The summed E-state index contributed by atoms with van der Waals surface area (Å²) in [5.74, 6) is 1.13. The molecule has 1 aliphatic rings. The van der Waals surface area contributed by atoms with Crippen molar-refractivity contribution in [3.63, 3.8) is 0 Å². The third-order valence-electron chi connectivity index (χ3n) is 4.92. The first kappa shape index (κ1) is 20.9. The maximum absolute atomic E-state index is 13.3. The number of sulfonamides is 1.